The first-order chi connectivity index (χ1) is 9.74. The molecule has 1 atom stereocenters. The van der Waals surface area contributed by atoms with Crippen molar-refractivity contribution in [1.82, 2.24) is 10.3 Å². The van der Waals surface area contributed by atoms with Gasteiger partial charge >= 0.3 is 0 Å². The first kappa shape index (κ1) is 15.2. The number of rotatable bonds is 6. The Labute approximate surface area is 129 Å². The largest absolute Gasteiger partial charge is 0.305 e. The predicted octanol–water partition coefficient (Wildman–Crippen LogP) is 4.50. The Morgan fingerprint density at radius 3 is 2.70 bits per heavy atom. The van der Waals surface area contributed by atoms with Gasteiger partial charge in [-0.05, 0) is 58.6 Å². The summed E-state index contributed by atoms with van der Waals surface area (Å²) in [6.45, 7) is 5.35. The number of hydrogen-bond donors (Lipinski definition) is 1. The molecule has 1 N–H and O–H groups in total. The van der Waals surface area contributed by atoms with Crippen LogP contribution in [0.15, 0.2) is 47.1 Å². The van der Waals surface area contributed by atoms with E-state index in [9.17, 15) is 0 Å². The molecule has 1 aromatic heterocycles. The number of aromatic nitrogens is 1. The van der Waals surface area contributed by atoms with E-state index < -0.39 is 0 Å². The fraction of sp³-hybridized carbons (Fsp3) is 0.353. The standard InChI is InChI=1S/C17H21BrN2/c1-3-10-19-17(16-9-8-15(18)12-20-16)14-7-5-6-13(4-2)11-14/h5-9,11-12,17,19H,3-4,10H2,1-2H3. The van der Waals surface area contributed by atoms with Gasteiger partial charge in [0.1, 0.15) is 0 Å². The minimum absolute atomic E-state index is 0.162. The van der Waals surface area contributed by atoms with E-state index in [0.29, 0.717) is 0 Å². The summed E-state index contributed by atoms with van der Waals surface area (Å²) in [5, 5.41) is 3.59. The number of hydrogen-bond acceptors (Lipinski definition) is 2. The zero-order valence-corrected chi connectivity index (χ0v) is 13.7. The van der Waals surface area contributed by atoms with Gasteiger partial charge in [0.05, 0.1) is 11.7 Å². The van der Waals surface area contributed by atoms with Crippen molar-refractivity contribution in [3.8, 4) is 0 Å². The summed E-state index contributed by atoms with van der Waals surface area (Å²) in [5.41, 5.74) is 3.71. The summed E-state index contributed by atoms with van der Waals surface area (Å²) >= 11 is 3.44. The van der Waals surface area contributed by atoms with Crippen LogP contribution in [-0.4, -0.2) is 11.5 Å². The maximum atomic E-state index is 4.55. The van der Waals surface area contributed by atoms with E-state index in [0.717, 1.165) is 29.6 Å². The molecule has 20 heavy (non-hydrogen) atoms. The van der Waals surface area contributed by atoms with Gasteiger partial charge in [-0.25, -0.2) is 0 Å². The number of benzene rings is 1. The Balaban J connectivity index is 2.32. The lowest BCUT2D eigenvalue weighted by atomic mass is 9.99. The Bertz CT molecular complexity index is 537. The van der Waals surface area contributed by atoms with Gasteiger partial charge in [0.25, 0.3) is 0 Å². The maximum absolute atomic E-state index is 4.55. The molecule has 0 radical (unpaired) electrons. The average molecular weight is 333 g/mol. The highest BCUT2D eigenvalue weighted by Gasteiger charge is 2.14. The smallest absolute Gasteiger partial charge is 0.0751 e. The van der Waals surface area contributed by atoms with Crippen molar-refractivity contribution in [3.63, 3.8) is 0 Å². The Kier molecular flexibility index (Phi) is 5.74. The fourth-order valence-corrected chi connectivity index (χ4v) is 2.47. The molecule has 1 unspecified atom stereocenters. The van der Waals surface area contributed by atoms with Crippen LogP contribution in [-0.2, 0) is 6.42 Å². The molecule has 0 amide bonds. The van der Waals surface area contributed by atoms with Crippen LogP contribution in [0.2, 0.25) is 0 Å². The zero-order valence-electron chi connectivity index (χ0n) is 12.1. The molecule has 0 aliphatic rings. The summed E-state index contributed by atoms with van der Waals surface area (Å²) < 4.78 is 1.01. The van der Waals surface area contributed by atoms with Crippen LogP contribution in [0.4, 0.5) is 0 Å². The monoisotopic (exact) mass is 332 g/mol. The quantitative estimate of drug-likeness (QED) is 0.842. The molecule has 2 nitrogen and oxygen atoms in total. The number of pyridine rings is 1. The minimum Gasteiger partial charge on any atom is -0.305 e. The molecule has 0 aliphatic heterocycles. The average Bonchev–Trinajstić information content (AvgIpc) is 2.49. The predicted molar refractivity (Wildman–Crippen MR) is 87.9 cm³/mol. The van der Waals surface area contributed by atoms with Gasteiger partial charge in [0.2, 0.25) is 0 Å². The van der Waals surface area contributed by atoms with E-state index >= 15 is 0 Å². The normalized spacial score (nSPS) is 12.3. The number of nitrogens with one attached hydrogen (secondary N) is 1. The van der Waals surface area contributed by atoms with Crippen LogP contribution >= 0.6 is 15.9 Å². The molecule has 106 valence electrons. The maximum Gasteiger partial charge on any atom is 0.0751 e. The third kappa shape index (κ3) is 3.90. The summed E-state index contributed by atoms with van der Waals surface area (Å²) in [6.07, 6.45) is 4.03. The van der Waals surface area contributed by atoms with Gasteiger partial charge in [0, 0.05) is 10.7 Å². The first-order valence-electron chi connectivity index (χ1n) is 7.18. The van der Waals surface area contributed by atoms with Crippen molar-refractivity contribution in [2.75, 3.05) is 6.54 Å². The van der Waals surface area contributed by atoms with Gasteiger partial charge in [-0.15, -0.1) is 0 Å². The lowest BCUT2D eigenvalue weighted by Crippen LogP contribution is -2.24. The molecule has 3 heteroatoms. The minimum atomic E-state index is 0.162. The highest BCUT2D eigenvalue weighted by molar-refractivity contribution is 9.10. The van der Waals surface area contributed by atoms with Crippen LogP contribution in [0.25, 0.3) is 0 Å². The van der Waals surface area contributed by atoms with Gasteiger partial charge in [-0.1, -0.05) is 38.1 Å². The second-order valence-electron chi connectivity index (χ2n) is 4.89. The topological polar surface area (TPSA) is 24.9 Å². The van der Waals surface area contributed by atoms with E-state index in [1.807, 2.05) is 12.3 Å². The molecule has 0 aliphatic carbocycles. The summed E-state index contributed by atoms with van der Waals surface area (Å²) in [5.74, 6) is 0. The van der Waals surface area contributed by atoms with Crippen molar-refractivity contribution >= 4 is 15.9 Å². The van der Waals surface area contributed by atoms with Crippen molar-refractivity contribution in [2.45, 2.75) is 32.7 Å². The molecule has 1 heterocycles. The molecule has 1 aromatic carbocycles. The van der Waals surface area contributed by atoms with Crippen molar-refractivity contribution in [2.24, 2.45) is 0 Å². The van der Waals surface area contributed by atoms with E-state index in [4.69, 9.17) is 0 Å². The molecule has 0 spiro atoms. The molecule has 2 rings (SSSR count). The van der Waals surface area contributed by atoms with E-state index in [-0.39, 0.29) is 6.04 Å². The van der Waals surface area contributed by atoms with E-state index in [2.05, 4.69) is 70.4 Å². The van der Waals surface area contributed by atoms with Gasteiger partial charge in [-0.3, -0.25) is 4.98 Å². The molecular formula is C17H21BrN2. The third-order valence-electron chi connectivity index (χ3n) is 3.34. The van der Waals surface area contributed by atoms with Crippen LogP contribution in [0, 0.1) is 0 Å². The van der Waals surface area contributed by atoms with Gasteiger partial charge < -0.3 is 5.32 Å². The number of nitrogens with zero attached hydrogens (tertiary/aromatic N) is 1. The lowest BCUT2D eigenvalue weighted by molar-refractivity contribution is 0.586. The first-order valence-corrected chi connectivity index (χ1v) is 7.97. The molecule has 0 bridgehead atoms. The van der Waals surface area contributed by atoms with E-state index in [1.165, 1.54) is 11.1 Å². The Morgan fingerprint density at radius 1 is 1.20 bits per heavy atom. The third-order valence-corrected chi connectivity index (χ3v) is 3.81. The molecule has 0 saturated heterocycles. The molecular weight excluding hydrogens is 312 g/mol. The second kappa shape index (κ2) is 7.55. The SMILES string of the molecule is CCCNC(c1cccc(CC)c1)c1ccc(Br)cn1. The van der Waals surface area contributed by atoms with Crippen molar-refractivity contribution < 1.29 is 0 Å². The van der Waals surface area contributed by atoms with Crippen LogP contribution in [0.5, 0.6) is 0 Å². The van der Waals surface area contributed by atoms with Crippen molar-refractivity contribution in [1.29, 1.82) is 0 Å². The zero-order chi connectivity index (χ0) is 14.4. The number of aryl methyl sites for hydroxylation is 1. The lowest BCUT2D eigenvalue weighted by Gasteiger charge is -2.19. The van der Waals surface area contributed by atoms with Crippen LogP contribution < -0.4 is 5.32 Å². The van der Waals surface area contributed by atoms with Crippen LogP contribution in [0.3, 0.4) is 0 Å². The van der Waals surface area contributed by atoms with Gasteiger partial charge in [0.15, 0.2) is 0 Å². The summed E-state index contributed by atoms with van der Waals surface area (Å²) in [7, 11) is 0. The summed E-state index contributed by atoms with van der Waals surface area (Å²) in [6, 6.07) is 13.0. The van der Waals surface area contributed by atoms with Gasteiger partial charge in [-0.2, -0.15) is 0 Å². The molecule has 0 saturated carbocycles. The highest BCUT2D eigenvalue weighted by atomic mass is 79.9. The Morgan fingerprint density at radius 2 is 2.05 bits per heavy atom. The fourth-order valence-electron chi connectivity index (χ4n) is 2.23. The molecule has 2 aromatic rings. The second-order valence-corrected chi connectivity index (χ2v) is 5.80. The van der Waals surface area contributed by atoms with Crippen molar-refractivity contribution in [3.05, 3.63) is 63.9 Å². The van der Waals surface area contributed by atoms with Crippen LogP contribution in [0.1, 0.15) is 43.1 Å². The Hall–Kier alpha value is -1.19. The number of halogens is 1. The molecule has 0 fully saturated rings. The van der Waals surface area contributed by atoms with E-state index in [1.54, 1.807) is 0 Å². The summed E-state index contributed by atoms with van der Waals surface area (Å²) in [4.78, 5) is 4.55. The highest BCUT2D eigenvalue weighted by Crippen LogP contribution is 2.22.